The van der Waals surface area contributed by atoms with Crippen LogP contribution in [0, 0.1) is 11.8 Å². The molecule has 0 heterocycles. The van der Waals surface area contributed by atoms with E-state index in [9.17, 15) is 0 Å². The normalized spacial score (nSPS) is 27.7. The van der Waals surface area contributed by atoms with Crippen molar-refractivity contribution >= 4 is 0 Å². The van der Waals surface area contributed by atoms with Crippen molar-refractivity contribution in [2.45, 2.75) is 96.8 Å². The van der Waals surface area contributed by atoms with Crippen molar-refractivity contribution in [1.82, 2.24) is 0 Å². The maximum atomic E-state index is 2.59. The number of fused-ring (bicyclic) bond motifs is 1. The Balaban J connectivity index is 1.58. The van der Waals surface area contributed by atoms with Crippen LogP contribution < -0.4 is 0 Å². The van der Waals surface area contributed by atoms with Gasteiger partial charge in [0.1, 0.15) is 0 Å². The molecule has 1 unspecified atom stereocenters. The molecule has 0 N–H and O–H groups in total. The third-order valence-corrected chi connectivity index (χ3v) is 6.67. The smallest absolute Gasteiger partial charge is 0.0162 e. The average molecular weight is 313 g/mol. The minimum Gasteiger partial charge on any atom is -0.0654 e. The Hall–Kier alpha value is -0.780. The van der Waals surface area contributed by atoms with Gasteiger partial charge in [-0.1, -0.05) is 64.2 Å². The Morgan fingerprint density at radius 3 is 2.43 bits per heavy atom. The van der Waals surface area contributed by atoms with Crippen LogP contribution in [0.2, 0.25) is 0 Å². The number of unbranched alkanes of at least 4 members (excludes halogenated alkanes) is 2. The summed E-state index contributed by atoms with van der Waals surface area (Å²) in [6, 6.07) is 7.56. The molecule has 1 aromatic rings. The lowest BCUT2D eigenvalue weighted by atomic mass is 9.75. The molecule has 1 fully saturated rings. The maximum Gasteiger partial charge on any atom is -0.0162 e. The van der Waals surface area contributed by atoms with E-state index in [2.05, 4.69) is 32.0 Å². The lowest BCUT2D eigenvalue weighted by Gasteiger charge is -2.30. The number of hydrogen-bond acceptors (Lipinski definition) is 0. The van der Waals surface area contributed by atoms with Crippen LogP contribution in [-0.2, 0) is 12.8 Å². The van der Waals surface area contributed by atoms with Crippen LogP contribution >= 0.6 is 0 Å². The van der Waals surface area contributed by atoms with Crippen LogP contribution in [0.4, 0.5) is 0 Å². The van der Waals surface area contributed by atoms with E-state index >= 15 is 0 Å². The summed E-state index contributed by atoms with van der Waals surface area (Å²) in [5.41, 5.74) is 5.01. The highest BCUT2D eigenvalue weighted by atomic mass is 14.3. The topological polar surface area (TPSA) is 0 Å². The molecule has 0 aromatic heterocycles. The fourth-order valence-corrected chi connectivity index (χ4v) is 4.94. The molecule has 0 aliphatic heterocycles. The van der Waals surface area contributed by atoms with Gasteiger partial charge in [0.05, 0.1) is 0 Å². The molecule has 2 aliphatic carbocycles. The Bertz CT molecular complexity index is 479. The summed E-state index contributed by atoms with van der Waals surface area (Å²) in [6.07, 6.45) is 16.9. The van der Waals surface area contributed by atoms with Crippen molar-refractivity contribution in [3.05, 3.63) is 34.9 Å². The van der Waals surface area contributed by atoms with Crippen molar-refractivity contribution in [3.63, 3.8) is 0 Å². The Morgan fingerprint density at radius 1 is 0.870 bits per heavy atom. The molecule has 0 spiro atoms. The second-order valence-corrected chi connectivity index (χ2v) is 8.26. The summed E-state index contributed by atoms with van der Waals surface area (Å²) < 4.78 is 0. The minimum absolute atomic E-state index is 0.852. The van der Waals surface area contributed by atoms with E-state index in [0.29, 0.717) is 0 Å². The third kappa shape index (κ3) is 4.40. The zero-order chi connectivity index (χ0) is 16.1. The summed E-state index contributed by atoms with van der Waals surface area (Å²) >= 11 is 0. The van der Waals surface area contributed by atoms with Crippen LogP contribution in [0.25, 0.3) is 0 Å². The molecule has 1 aromatic carbocycles. The molecule has 0 saturated heterocycles. The van der Waals surface area contributed by atoms with Gasteiger partial charge in [0, 0.05) is 0 Å². The van der Waals surface area contributed by atoms with Crippen molar-refractivity contribution in [1.29, 1.82) is 0 Å². The van der Waals surface area contributed by atoms with Crippen LogP contribution in [0.3, 0.4) is 0 Å². The van der Waals surface area contributed by atoms with Crippen LogP contribution in [0.1, 0.15) is 101 Å². The van der Waals surface area contributed by atoms with E-state index in [0.717, 1.165) is 17.8 Å². The van der Waals surface area contributed by atoms with Gasteiger partial charge in [-0.25, -0.2) is 0 Å². The highest BCUT2D eigenvalue weighted by Crippen LogP contribution is 2.38. The Morgan fingerprint density at radius 2 is 1.70 bits per heavy atom. The van der Waals surface area contributed by atoms with E-state index in [1.165, 1.54) is 77.0 Å². The maximum absolute atomic E-state index is 2.59. The number of rotatable bonds is 6. The second-order valence-electron chi connectivity index (χ2n) is 8.26. The summed E-state index contributed by atoms with van der Waals surface area (Å²) in [7, 11) is 0. The fourth-order valence-electron chi connectivity index (χ4n) is 4.94. The predicted octanol–water partition coefficient (Wildman–Crippen LogP) is 7.06. The summed E-state index contributed by atoms with van der Waals surface area (Å²) in [5.74, 6) is 2.82. The van der Waals surface area contributed by atoms with Crippen LogP contribution in [0.5, 0.6) is 0 Å². The third-order valence-electron chi connectivity index (χ3n) is 6.67. The first-order chi connectivity index (χ1) is 11.3. The zero-order valence-electron chi connectivity index (χ0n) is 15.4. The molecule has 1 saturated carbocycles. The first kappa shape index (κ1) is 17.1. The Kier molecular flexibility index (Phi) is 6.20. The molecule has 128 valence electrons. The van der Waals surface area contributed by atoms with Crippen molar-refractivity contribution in [2.24, 2.45) is 11.8 Å². The molecule has 0 amide bonds. The van der Waals surface area contributed by atoms with Gasteiger partial charge in [0.15, 0.2) is 0 Å². The number of hydrogen-bond donors (Lipinski definition) is 0. The molecule has 0 radical (unpaired) electrons. The monoisotopic (exact) mass is 312 g/mol. The van der Waals surface area contributed by atoms with Gasteiger partial charge < -0.3 is 0 Å². The summed E-state index contributed by atoms with van der Waals surface area (Å²) in [6.45, 7) is 4.67. The molecule has 23 heavy (non-hydrogen) atoms. The van der Waals surface area contributed by atoms with E-state index in [1.54, 1.807) is 16.7 Å². The van der Waals surface area contributed by atoms with Crippen LogP contribution in [0.15, 0.2) is 18.2 Å². The van der Waals surface area contributed by atoms with Gasteiger partial charge in [0.2, 0.25) is 0 Å². The summed E-state index contributed by atoms with van der Waals surface area (Å²) in [5, 5.41) is 0. The Labute approximate surface area is 144 Å². The first-order valence-electron chi connectivity index (χ1n) is 10.4. The standard InChI is InChI=1S/C23H36/c1-3-5-6-7-19-10-13-23-17-22(15-14-21(23)16-19)20-11-8-18(4-2)9-12-20/h14-15,17-20H,3-13,16H2,1-2H3/t18-,19?,20-. The highest BCUT2D eigenvalue weighted by Gasteiger charge is 2.23. The van der Waals surface area contributed by atoms with Crippen LogP contribution in [-0.4, -0.2) is 0 Å². The predicted molar refractivity (Wildman–Crippen MR) is 101 cm³/mol. The molecule has 0 nitrogen and oxygen atoms in total. The zero-order valence-corrected chi connectivity index (χ0v) is 15.4. The SMILES string of the molecule is CCCCCC1CCc2cc([C@H]3CC[C@H](CC)CC3)ccc2C1. The molecule has 3 rings (SSSR count). The minimum atomic E-state index is 0.852. The molecular weight excluding hydrogens is 276 g/mol. The molecular formula is C23H36. The highest BCUT2D eigenvalue weighted by molar-refractivity contribution is 5.36. The fraction of sp³-hybridized carbons (Fsp3) is 0.739. The summed E-state index contributed by atoms with van der Waals surface area (Å²) in [4.78, 5) is 0. The van der Waals surface area contributed by atoms with E-state index in [4.69, 9.17) is 0 Å². The number of aryl methyl sites for hydroxylation is 1. The van der Waals surface area contributed by atoms with Crippen molar-refractivity contribution in [2.75, 3.05) is 0 Å². The quantitative estimate of drug-likeness (QED) is 0.493. The lowest BCUT2D eigenvalue weighted by Crippen LogP contribution is -2.16. The second kappa shape index (κ2) is 8.36. The van der Waals surface area contributed by atoms with Gasteiger partial charge in [-0.05, 0) is 79.4 Å². The lowest BCUT2D eigenvalue weighted by molar-refractivity contribution is 0.318. The van der Waals surface area contributed by atoms with Crippen molar-refractivity contribution in [3.8, 4) is 0 Å². The molecule has 0 bridgehead atoms. The molecule has 2 aliphatic rings. The van der Waals surface area contributed by atoms with Crippen molar-refractivity contribution < 1.29 is 0 Å². The number of benzene rings is 1. The van der Waals surface area contributed by atoms with E-state index in [1.807, 2.05) is 0 Å². The molecule has 0 heteroatoms. The van der Waals surface area contributed by atoms with Gasteiger partial charge >= 0.3 is 0 Å². The van der Waals surface area contributed by atoms with E-state index in [-0.39, 0.29) is 0 Å². The van der Waals surface area contributed by atoms with Gasteiger partial charge in [-0.3, -0.25) is 0 Å². The average Bonchev–Trinajstić information content (AvgIpc) is 2.61. The van der Waals surface area contributed by atoms with Gasteiger partial charge in [-0.15, -0.1) is 0 Å². The largest absolute Gasteiger partial charge is 0.0654 e. The van der Waals surface area contributed by atoms with E-state index < -0.39 is 0 Å². The van der Waals surface area contributed by atoms with Gasteiger partial charge in [0.25, 0.3) is 0 Å². The van der Waals surface area contributed by atoms with Gasteiger partial charge in [-0.2, -0.15) is 0 Å². The first-order valence-corrected chi connectivity index (χ1v) is 10.4. The molecule has 1 atom stereocenters.